The third kappa shape index (κ3) is 3.89. The number of nitrogens with two attached hydrogens (primary N) is 1. The third-order valence-electron chi connectivity index (χ3n) is 3.52. The molecule has 0 saturated carbocycles. The van der Waals surface area contributed by atoms with Gasteiger partial charge in [0, 0.05) is 5.69 Å². The molecule has 0 saturated heterocycles. The molecule has 3 aromatic rings. The molecule has 0 fully saturated rings. The molecule has 0 aliphatic rings. The number of aromatic hydroxyl groups is 1. The molecule has 25 heavy (non-hydrogen) atoms. The fourth-order valence-electron chi connectivity index (χ4n) is 2.24. The average Bonchev–Trinajstić information content (AvgIpc) is 2.60. The van der Waals surface area contributed by atoms with Crippen LogP contribution in [0.3, 0.4) is 0 Å². The van der Waals surface area contributed by atoms with Gasteiger partial charge in [0.2, 0.25) is 5.95 Å². The van der Waals surface area contributed by atoms with Gasteiger partial charge in [-0.15, -0.1) is 0 Å². The molecular weight excluding hydrogens is 320 g/mol. The van der Waals surface area contributed by atoms with Crippen LogP contribution in [0.2, 0.25) is 0 Å². The molecule has 0 bridgehead atoms. The van der Waals surface area contributed by atoms with E-state index in [-0.39, 0.29) is 11.7 Å². The van der Waals surface area contributed by atoms with Gasteiger partial charge in [-0.05, 0) is 55.0 Å². The van der Waals surface area contributed by atoms with Crippen molar-refractivity contribution < 1.29 is 14.6 Å². The fourth-order valence-corrected chi connectivity index (χ4v) is 2.24. The lowest BCUT2D eigenvalue weighted by atomic mass is 10.2. The van der Waals surface area contributed by atoms with Gasteiger partial charge in [0.15, 0.2) is 11.6 Å². The molecule has 1 aromatic heterocycles. The first-order chi connectivity index (χ1) is 12.0. The highest BCUT2D eigenvalue weighted by atomic mass is 16.5. The Morgan fingerprint density at radius 1 is 1.08 bits per heavy atom. The summed E-state index contributed by atoms with van der Waals surface area (Å²) < 4.78 is 11.0. The van der Waals surface area contributed by atoms with Crippen molar-refractivity contribution in [3.8, 4) is 23.0 Å². The standard InChI is InChI=1S/C18H18N4O3/c1-11-9-12(23)3-8-15(11)21-17-16(10-20-18(19)22-17)25-14-6-4-13(24-2)5-7-14/h3-10,23H,1-2H3,(H3,19,20,21,22). The molecule has 7 nitrogen and oxygen atoms in total. The van der Waals surface area contributed by atoms with E-state index in [1.807, 2.05) is 6.92 Å². The maximum absolute atomic E-state index is 9.53. The lowest BCUT2D eigenvalue weighted by Gasteiger charge is -2.14. The van der Waals surface area contributed by atoms with E-state index in [4.69, 9.17) is 15.2 Å². The Morgan fingerprint density at radius 3 is 2.48 bits per heavy atom. The van der Waals surface area contributed by atoms with Crippen LogP contribution >= 0.6 is 0 Å². The second-order valence-electron chi connectivity index (χ2n) is 5.34. The summed E-state index contributed by atoms with van der Waals surface area (Å²) in [6.45, 7) is 1.87. The van der Waals surface area contributed by atoms with Crippen molar-refractivity contribution in [3.63, 3.8) is 0 Å². The van der Waals surface area contributed by atoms with Gasteiger partial charge in [-0.1, -0.05) is 0 Å². The van der Waals surface area contributed by atoms with E-state index < -0.39 is 0 Å². The predicted octanol–water partition coefficient (Wildman–Crippen LogP) is 3.62. The van der Waals surface area contributed by atoms with Crippen LogP contribution in [0.5, 0.6) is 23.0 Å². The SMILES string of the molecule is COc1ccc(Oc2cnc(N)nc2Nc2ccc(O)cc2C)cc1. The van der Waals surface area contributed by atoms with Crippen LogP contribution in [0.25, 0.3) is 0 Å². The van der Waals surface area contributed by atoms with Crippen molar-refractivity contribution >= 4 is 17.5 Å². The number of anilines is 3. The maximum Gasteiger partial charge on any atom is 0.222 e. The van der Waals surface area contributed by atoms with Gasteiger partial charge < -0.3 is 25.6 Å². The van der Waals surface area contributed by atoms with Crippen molar-refractivity contribution in [2.24, 2.45) is 0 Å². The van der Waals surface area contributed by atoms with Crippen molar-refractivity contribution in [3.05, 3.63) is 54.2 Å². The summed E-state index contributed by atoms with van der Waals surface area (Å²) in [5.41, 5.74) is 7.33. The minimum absolute atomic E-state index is 0.126. The number of nitrogens with one attached hydrogen (secondary N) is 1. The number of nitrogen functional groups attached to an aromatic ring is 1. The number of hydrogen-bond acceptors (Lipinski definition) is 7. The Hall–Kier alpha value is -3.48. The highest BCUT2D eigenvalue weighted by Gasteiger charge is 2.11. The largest absolute Gasteiger partial charge is 0.508 e. The van der Waals surface area contributed by atoms with E-state index >= 15 is 0 Å². The molecule has 3 rings (SSSR count). The first-order valence-corrected chi connectivity index (χ1v) is 7.56. The number of phenols is 1. The fraction of sp³-hybridized carbons (Fsp3) is 0.111. The lowest BCUT2D eigenvalue weighted by Crippen LogP contribution is -2.03. The number of methoxy groups -OCH3 is 1. The molecule has 128 valence electrons. The van der Waals surface area contributed by atoms with Gasteiger partial charge in [0.05, 0.1) is 13.3 Å². The molecule has 0 aliphatic heterocycles. The molecule has 1 heterocycles. The van der Waals surface area contributed by atoms with Crippen molar-refractivity contribution in [2.75, 3.05) is 18.2 Å². The maximum atomic E-state index is 9.53. The number of rotatable bonds is 5. The van der Waals surface area contributed by atoms with Gasteiger partial charge in [-0.25, -0.2) is 4.98 Å². The van der Waals surface area contributed by atoms with Crippen LogP contribution in [-0.2, 0) is 0 Å². The quantitative estimate of drug-likeness (QED) is 0.611. The third-order valence-corrected chi connectivity index (χ3v) is 3.52. The van der Waals surface area contributed by atoms with E-state index in [1.165, 1.54) is 6.20 Å². The van der Waals surface area contributed by atoms with Gasteiger partial charge in [-0.3, -0.25) is 0 Å². The van der Waals surface area contributed by atoms with Crippen molar-refractivity contribution in [1.82, 2.24) is 9.97 Å². The van der Waals surface area contributed by atoms with Crippen LogP contribution in [0.15, 0.2) is 48.7 Å². The Kier molecular flexibility index (Phi) is 4.56. The van der Waals surface area contributed by atoms with Gasteiger partial charge in [0.1, 0.15) is 17.2 Å². The molecule has 7 heteroatoms. The van der Waals surface area contributed by atoms with E-state index in [1.54, 1.807) is 49.6 Å². The number of aromatic nitrogens is 2. The minimum Gasteiger partial charge on any atom is -0.508 e. The van der Waals surface area contributed by atoms with Crippen molar-refractivity contribution in [2.45, 2.75) is 6.92 Å². The first kappa shape index (κ1) is 16.4. The van der Waals surface area contributed by atoms with Gasteiger partial charge >= 0.3 is 0 Å². The second-order valence-corrected chi connectivity index (χ2v) is 5.34. The van der Waals surface area contributed by atoms with Gasteiger partial charge in [0.25, 0.3) is 0 Å². The molecule has 0 aliphatic carbocycles. The summed E-state index contributed by atoms with van der Waals surface area (Å²) in [4.78, 5) is 8.19. The zero-order valence-corrected chi connectivity index (χ0v) is 13.9. The van der Waals surface area contributed by atoms with E-state index in [0.717, 1.165) is 17.0 Å². The molecule has 0 spiro atoms. The van der Waals surface area contributed by atoms with Crippen LogP contribution < -0.4 is 20.5 Å². The number of benzene rings is 2. The lowest BCUT2D eigenvalue weighted by molar-refractivity contribution is 0.413. The molecule has 0 amide bonds. The van der Waals surface area contributed by atoms with Crippen LogP contribution in [0.1, 0.15) is 5.56 Å². The van der Waals surface area contributed by atoms with E-state index in [0.29, 0.717) is 17.3 Å². The number of ether oxygens (including phenoxy) is 2. The van der Waals surface area contributed by atoms with Crippen LogP contribution in [0.4, 0.5) is 17.5 Å². The molecule has 0 radical (unpaired) electrons. The number of aryl methyl sites for hydroxylation is 1. The number of phenolic OH excluding ortho intramolecular Hbond substituents is 1. The highest BCUT2D eigenvalue weighted by molar-refractivity contribution is 5.66. The van der Waals surface area contributed by atoms with Gasteiger partial charge in [-0.2, -0.15) is 4.98 Å². The molecule has 0 atom stereocenters. The molecule has 2 aromatic carbocycles. The Balaban J connectivity index is 1.89. The zero-order chi connectivity index (χ0) is 17.8. The summed E-state index contributed by atoms with van der Waals surface area (Å²) in [6, 6.07) is 12.1. The second kappa shape index (κ2) is 6.96. The predicted molar refractivity (Wildman–Crippen MR) is 95.6 cm³/mol. The summed E-state index contributed by atoms with van der Waals surface area (Å²) in [6.07, 6.45) is 1.50. The van der Waals surface area contributed by atoms with Crippen molar-refractivity contribution in [1.29, 1.82) is 0 Å². The van der Waals surface area contributed by atoms with Crippen LogP contribution in [-0.4, -0.2) is 22.2 Å². The molecule has 0 unspecified atom stereocenters. The average molecular weight is 338 g/mol. The Bertz CT molecular complexity index is 882. The smallest absolute Gasteiger partial charge is 0.222 e. The summed E-state index contributed by atoms with van der Waals surface area (Å²) in [5, 5.41) is 12.7. The Labute approximate surface area is 145 Å². The van der Waals surface area contributed by atoms with E-state index in [9.17, 15) is 5.11 Å². The minimum atomic E-state index is 0.126. The topological polar surface area (TPSA) is 103 Å². The number of hydrogen-bond donors (Lipinski definition) is 3. The molecule has 4 N–H and O–H groups in total. The highest BCUT2D eigenvalue weighted by Crippen LogP contribution is 2.32. The molecular formula is C18H18N4O3. The summed E-state index contributed by atoms with van der Waals surface area (Å²) >= 11 is 0. The summed E-state index contributed by atoms with van der Waals surface area (Å²) in [7, 11) is 1.60. The zero-order valence-electron chi connectivity index (χ0n) is 13.9. The monoisotopic (exact) mass is 338 g/mol. The summed E-state index contributed by atoms with van der Waals surface area (Å²) in [5.74, 6) is 2.52. The number of nitrogens with zero attached hydrogens (tertiary/aromatic N) is 2. The normalized spacial score (nSPS) is 10.3. The van der Waals surface area contributed by atoms with Crippen LogP contribution in [0, 0.1) is 6.92 Å². The van der Waals surface area contributed by atoms with E-state index in [2.05, 4.69) is 15.3 Å². The first-order valence-electron chi connectivity index (χ1n) is 7.56. The Morgan fingerprint density at radius 2 is 1.80 bits per heavy atom.